The van der Waals surface area contributed by atoms with Crippen molar-refractivity contribution in [1.29, 1.82) is 0 Å². The highest BCUT2D eigenvalue weighted by Gasteiger charge is 2.47. The Bertz CT molecular complexity index is 1150. The molecule has 1 aromatic heterocycles. The number of methoxy groups -OCH3 is 2. The summed E-state index contributed by atoms with van der Waals surface area (Å²) in [6, 6.07) is 16.6. The molecule has 1 saturated heterocycles. The van der Waals surface area contributed by atoms with Crippen molar-refractivity contribution in [3.63, 3.8) is 0 Å². The number of para-hydroxylation sites is 1. The molecule has 1 fully saturated rings. The normalized spacial score (nSPS) is 20.4. The minimum Gasteiger partial charge on any atom is -0.497 e. The Balaban J connectivity index is 1.48. The number of pyridine rings is 1. The lowest BCUT2D eigenvalue weighted by Crippen LogP contribution is -2.39. The molecule has 2 aromatic carbocycles. The van der Waals surface area contributed by atoms with Gasteiger partial charge in [-0.05, 0) is 42.3 Å². The van der Waals surface area contributed by atoms with E-state index in [-0.39, 0.29) is 23.8 Å². The first-order valence-corrected chi connectivity index (χ1v) is 11.9. The molecule has 2 unspecified atom stereocenters. The summed E-state index contributed by atoms with van der Waals surface area (Å²) >= 11 is 0. The number of nitrogens with zero attached hydrogens (tertiary/aromatic N) is 2. The molecule has 0 spiro atoms. The molecule has 0 bridgehead atoms. The van der Waals surface area contributed by atoms with Gasteiger partial charge in [-0.15, -0.1) is 5.06 Å². The van der Waals surface area contributed by atoms with Crippen molar-refractivity contribution < 1.29 is 22.7 Å². The second kappa shape index (κ2) is 8.92. The van der Waals surface area contributed by atoms with Gasteiger partial charge in [-0.25, -0.2) is 8.42 Å². The molecule has 4 rings (SSSR count). The van der Waals surface area contributed by atoms with E-state index in [0.29, 0.717) is 5.56 Å². The Morgan fingerprint density at radius 3 is 2.58 bits per heavy atom. The lowest BCUT2D eigenvalue weighted by Gasteiger charge is -2.22. The van der Waals surface area contributed by atoms with Crippen molar-refractivity contribution in [3.8, 4) is 5.75 Å². The monoisotopic (exact) mass is 442 g/mol. The summed E-state index contributed by atoms with van der Waals surface area (Å²) < 4.78 is 36.7. The molecule has 31 heavy (non-hydrogen) atoms. The van der Waals surface area contributed by atoms with Crippen molar-refractivity contribution in [3.05, 3.63) is 71.9 Å². The quantitative estimate of drug-likeness (QED) is 0.469. The van der Waals surface area contributed by atoms with Gasteiger partial charge in [-0.2, -0.15) is 0 Å². The molecule has 3 aromatic rings. The topological polar surface area (TPSA) is 81.0 Å². The van der Waals surface area contributed by atoms with Crippen LogP contribution in [0.15, 0.2) is 60.8 Å². The van der Waals surface area contributed by atoms with Crippen LogP contribution in [0.3, 0.4) is 0 Å². The van der Waals surface area contributed by atoms with Crippen molar-refractivity contribution in [1.82, 2.24) is 10.0 Å². The van der Waals surface area contributed by atoms with Crippen LogP contribution in [0.5, 0.6) is 5.75 Å². The molecule has 2 heterocycles. The van der Waals surface area contributed by atoms with E-state index < -0.39 is 15.9 Å². The first kappa shape index (κ1) is 21.7. The number of hydrogen-bond donors (Lipinski definition) is 0. The highest BCUT2D eigenvalue weighted by atomic mass is 32.2. The van der Waals surface area contributed by atoms with E-state index in [0.717, 1.165) is 22.2 Å². The van der Waals surface area contributed by atoms with Crippen LogP contribution in [-0.2, 0) is 25.2 Å². The summed E-state index contributed by atoms with van der Waals surface area (Å²) in [5.74, 6) is 0.588. The van der Waals surface area contributed by atoms with Crippen LogP contribution in [0.4, 0.5) is 0 Å². The zero-order valence-electron chi connectivity index (χ0n) is 17.8. The van der Waals surface area contributed by atoms with E-state index in [1.54, 1.807) is 25.5 Å². The highest BCUT2D eigenvalue weighted by molar-refractivity contribution is 7.90. The van der Waals surface area contributed by atoms with Crippen LogP contribution >= 0.6 is 0 Å². The number of hydrogen-bond acceptors (Lipinski definition) is 7. The maximum absolute atomic E-state index is 13.0. The Kier molecular flexibility index (Phi) is 6.24. The number of sulfone groups is 1. The summed E-state index contributed by atoms with van der Waals surface area (Å²) in [5.41, 5.74) is 2.44. The second-order valence-electron chi connectivity index (χ2n) is 7.69. The molecular weight excluding hydrogens is 416 g/mol. The predicted octanol–water partition coefficient (Wildman–Crippen LogP) is 3.51. The van der Waals surface area contributed by atoms with Crippen molar-refractivity contribution >= 4 is 20.7 Å². The summed E-state index contributed by atoms with van der Waals surface area (Å²) in [6.45, 7) is 1.85. The molecule has 4 atom stereocenters. The largest absolute Gasteiger partial charge is 0.497 e. The van der Waals surface area contributed by atoms with E-state index in [1.807, 2.05) is 61.5 Å². The molecular formula is C23H26N2O5S. The Morgan fingerprint density at radius 2 is 1.87 bits per heavy atom. The van der Waals surface area contributed by atoms with Gasteiger partial charge < -0.3 is 9.47 Å². The van der Waals surface area contributed by atoms with Crippen molar-refractivity contribution in [2.45, 2.75) is 31.1 Å². The van der Waals surface area contributed by atoms with Gasteiger partial charge in [0.1, 0.15) is 5.75 Å². The molecule has 7 nitrogen and oxygen atoms in total. The molecule has 0 amide bonds. The molecule has 1 aliphatic heterocycles. The van der Waals surface area contributed by atoms with Gasteiger partial charge in [0, 0.05) is 18.7 Å². The fraction of sp³-hybridized carbons (Fsp3) is 0.348. The Morgan fingerprint density at radius 1 is 1.13 bits per heavy atom. The number of hydroxylamine groups is 2. The maximum atomic E-state index is 13.0. The molecule has 0 radical (unpaired) electrons. The van der Waals surface area contributed by atoms with Crippen molar-refractivity contribution in [2.24, 2.45) is 0 Å². The minimum atomic E-state index is -3.44. The summed E-state index contributed by atoms with van der Waals surface area (Å²) in [4.78, 5) is 10.1. The summed E-state index contributed by atoms with van der Waals surface area (Å²) in [5, 5.41) is 2.62. The van der Waals surface area contributed by atoms with Crippen LogP contribution in [0, 0.1) is 0 Å². The van der Waals surface area contributed by atoms with Gasteiger partial charge in [0.15, 0.2) is 16.1 Å². The summed E-state index contributed by atoms with van der Waals surface area (Å²) in [7, 11) is -0.255. The van der Waals surface area contributed by atoms with Gasteiger partial charge in [0.05, 0.1) is 36.3 Å². The standard InChI is InChI=1S/C23H26N2O5S/c1-16(28-2)22(25-23(30-25)18-8-10-20(29-3)11-9-18)15-31(26,27)14-17-12-19-6-4-5-7-21(19)24-13-17/h4-13,16,22-23H,14-15H2,1-3H3/t16-,22-,23?,25?/m1/s1. The number of rotatable bonds is 9. The Hall–Kier alpha value is -2.52. The third-order valence-corrected chi connectivity index (χ3v) is 7.13. The second-order valence-corrected chi connectivity index (χ2v) is 9.80. The SMILES string of the molecule is COc1ccc(C2ON2[C@H](CS(=O)(=O)Cc2cnc3ccccc3c2)[C@@H](C)OC)cc1. The van der Waals surface area contributed by atoms with Crippen LogP contribution in [0.25, 0.3) is 10.9 Å². The lowest BCUT2D eigenvalue weighted by molar-refractivity contribution is 0.0258. The van der Waals surface area contributed by atoms with E-state index in [4.69, 9.17) is 14.3 Å². The predicted molar refractivity (Wildman–Crippen MR) is 118 cm³/mol. The molecule has 0 saturated carbocycles. The zero-order chi connectivity index (χ0) is 22.0. The third kappa shape index (κ3) is 5.04. The van der Waals surface area contributed by atoms with Crippen LogP contribution in [0.2, 0.25) is 0 Å². The van der Waals surface area contributed by atoms with E-state index >= 15 is 0 Å². The first-order valence-electron chi connectivity index (χ1n) is 10.1. The molecule has 0 aliphatic carbocycles. The number of ether oxygens (including phenoxy) is 2. The minimum absolute atomic E-state index is 0.0819. The van der Waals surface area contributed by atoms with Gasteiger partial charge in [0.2, 0.25) is 0 Å². The maximum Gasteiger partial charge on any atom is 0.180 e. The molecule has 1 aliphatic rings. The zero-order valence-corrected chi connectivity index (χ0v) is 18.6. The fourth-order valence-electron chi connectivity index (χ4n) is 3.66. The van der Waals surface area contributed by atoms with Crippen LogP contribution < -0.4 is 4.74 Å². The number of benzene rings is 2. The van der Waals surface area contributed by atoms with Gasteiger partial charge in [-0.3, -0.25) is 9.82 Å². The lowest BCUT2D eigenvalue weighted by atomic mass is 10.1. The van der Waals surface area contributed by atoms with Crippen molar-refractivity contribution in [2.75, 3.05) is 20.0 Å². The van der Waals surface area contributed by atoms with Gasteiger partial charge in [-0.1, -0.05) is 30.3 Å². The van der Waals surface area contributed by atoms with Gasteiger partial charge >= 0.3 is 0 Å². The number of aromatic nitrogens is 1. The van der Waals surface area contributed by atoms with E-state index in [9.17, 15) is 8.42 Å². The van der Waals surface area contributed by atoms with Crippen LogP contribution in [0.1, 0.15) is 24.3 Å². The average molecular weight is 443 g/mol. The first-order chi connectivity index (χ1) is 14.9. The average Bonchev–Trinajstić information content (AvgIpc) is 3.57. The molecule has 0 N–H and O–H groups in total. The smallest absolute Gasteiger partial charge is 0.180 e. The Labute approximate surface area is 182 Å². The fourth-order valence-corrected chi connectivity index (χ4v) is 5.38. The van der Waals surface area contributed by atoms with E-state index in [2.05, 4.69) is 4.98 Å². The third-order valence-electron chi connectivity index (χ3n) is 5.51. The summed E-state index contributed by atoms with van der Waals surface area (Å²) in [6.07, 6.45) is 1.00. The van der Waals surface area contributed by atoms with Crippen LogP contribution in [-0.4, -0.2) is 50.6 Å². The molecule has 164 valence electrons. The molecule has 8 heteroatoms. The highest BCUT2D eigenvalue weighted by Crippen LogP contribution is 2.41. The van der Waals surface area contributed by atoms with Gasteiger partial charge in [0.25, 0.3) is 0 Å². The number of fused-ring (bicyclic) bond motifs is 1. The van der Waals surface area contributed by atoms with E-state index in [1.165, 1.54) is 0 Å².